The lowest BCUT2D eigenvalue weighted by molar-refractivity contribution is -0.143. The third-order valence-electron chi connectivity index (χ3n) is 9.05. The number of unbranched alkanes of at least 4 members (excludes halogenated alkanes) is 1. The number of aliphatic carboxylic acids is 1. The molecular weight excluding hydrogens is 614 g/mol. The number of carbonyl (C=O) groups is 5. The second-order valence-corrected chi connectivity index (χ2v) is 13.1. The molecule has 260 valence electrons. The maximum atomic E-state index is 13.9. The SMILES string of the molecule is NCCCC[C@@H](NC(=O)[C@@H](CC1CC1)NC(=O)[C@@H](Cc1ccccc1)NC(=O)[C@H](N)Cc1ccccc1)C(=O)N1CCC(N)(C(=O)O)C1. The van der Waals surface area contributed by atoms with Crippen molar-refractivity contribution in [2.24, 2.45) is 23.1 Å². The first kappa shape index (κ1) is 36.5. The zero-order valence-corrected chi connectivity index (χ0v) is 27.3. The predicted octanol–water partition coefficient (Wildman–Crippen LogP) is 0.197. The first-order valence-corrected chi connectivity index (χ1v) is 16.7. The van der Waals surface area contributed by atoms with Crippen molar-refractivity contribution in [3.8, 4) is 0 Å². The molecule has 0 radical (unpaired) electrons. The maximum absolute atomic E-state index is 13.9. The molecule has 5 atom stereocenters. The quantitative estimate of drug-likeness (QED) is 0.108. The van der Waals surface area contributed by atoms with Crippen LogP contribution in [0.3, 0.4) is 0 Å². The number of amides is 4. The van der Waals surface area contributed by atoms with Crippen LogP contribution in [0.15, 0.2) is 60.7 Å². The van der Waals surface area contributed by atoms with Crippen LogP contribution in [0, 0.1) is 5.92 Å². The molecule has 48 heavy (non-hydrogen) atoms. The number of carbonyl (C=O) groups excluding carboxylic acids is 4. The minimum absolute atomic E-state index is 0.0986. The molecule has 2 aromatic rings. The average Bonchev–Trinajstić information content (AvgIpc) is 3.81. The third-order valence-corrected chi connectivity index (χ3v) is 9.05. The Balaban J connectivity index is 1.48. The molecular formula is C35H49N7O6. The van der Waals surface area contributed by atoms with Crippen molar-refractivity contribution in [3.63, 3.8) is 0 Å². The monoisotopic (exact) mass is 663 g/mol. The number of nitrogens with zero attached hydrogens (tertiary/aromatic N) is 1. The number of likely N-dealkylation sites (tertiary alicyclic amines) is 1. The fraction of sp³-hybridized carbons (Fsp3) is 0.514. The maximum Gasteiger partial charge on any atom is 0.325 e. The van der Waals surface area contributed by atoms with Crippen molar-refractivity contribution in [2.45, 2.75) is 87.5 Å². The fourth-order valence-corrected chi connectivity index (χ4v) is 5.93. The lowest BCUT2D eigenvalue weighted by Gasteiger charge is -2.28. The number of nitrogens with two attached hydrogens (primary N) is 3. The van der Waals surface area contributed by atoms with Gasteiger partial charge in [0.05, 0.1) is 6.04 Å². The van der Waals surface area contributed by atoms with Crippen LogP contribution in [0.25, 0.3) is 0 Å². The summed E-state index contributed by atoms with van der Waals surface area (Å²) < 4.78 is 0. The van der Waals surface area contributed by atoms with Gasteiger partial charge in [-0.05, 0) is 62.1 Å². The van der Waals surface area contributed by atoms with E-state index >= 15 is 0 Å². The van der Waals surface area contributed by atoms with Crippen molar-refractivity contribution in [3.05, 3.63) is 71.8 Å². The summed E-state index contributed by atoms with van der Waals surface area (Å²) >= 11 is 0. The molecule has 13 nitrogen and oxygen atoms in total. The minimum atomic E-state index is -1.55. The van der Waals surface area contributed by atoms with Crippen molar-refractivity contribution in [1.82, 2.24) is 20.9 Å². The predicted molar refractivity (Wildman–Crippen MR) is 180 cm³/mol. The Morgan fingerprint density at radius 2 is 1.38 bits per heavy atom. The number of hydrogen-bond acceptors (Lipinski definition) is 8. The highest BCUT2D eigenvalue weighted by Crippen LogP contribution is 2.33. The zero-order valence-electron chi connectivity index (χ0n) is 27.3. The van der Waals surface area contributed by atoms with Crippen LogP contribution in [-0.4, -0.2) is 88.9 Å². The Hall–Kier alpha value is -4.33. The normalized spacial score (nSPS) is 19.9. The molecule has 4 rings (SSSR count). The van der Waals surface area contributed by atoms with Crippen LogP contribution in [0.2, 0.25) is 0 Å². The van der Waals surface area contributed by atoms with E-state index in [9.17, 15) is 29.1 Å². The number of nitrogens with one attached hydrogen (secondary N) is 3. The highest BCUT2D eigenvalue weighted by Gasteiger charge is 2.44. The van der Waals surface area contributed by atoms with E-state index in [1.165, 1.54) is 4.90 Å². The molecule has 1 saturated heterocycles. The number of benzene rings is 2. The number of hydrogen-bond donors (Lipinski definition) is 7. The van der Waals surface area contributed by atoms with Gasteiger partial charge in [0.25, 0.3) is 0 Å². The van der Waals surface area contributed by atoms with E-state index in [-0.39, 0.29) is 38.3 Å². The standard InChI is InChI=1S/C35H49N7O6/c36-17-8-7-13-27(33(46)42-18-16-35(38,22-42)34(47)48)39-31(44)29(21-25-14-15-25)41-32(45)28(20-24-11-5-2-6-12-24)40-30(43)26(37)19-23-9-3-1-4-10-23/h1-6,9-12,25-29H,7-8,13-22,36-38H2,(H,39,44)(H,40,43)(H,41,45)(H,47,48)/t26-,27-,28-,29-,35?/m1/s1. The second kappa shape index (κ2) is 17.2. The summed E-state index contributed by atoms with van der Waals surface area (Å²) in [5, 5.41) is 18.1. The van der Waals surface area contributed by atoms with Crippen LogP contribution >= 0.6 is 0 Å². The molecule has 4 amide bonds. The van der Waals surface area contributed by atoms with Crippen LogP contribution in [-0.2, 0) is 36.8 Å². The second-order valence-electron chi connectivity index (χ2n) is 13.1. The number of rotatable bonds is 18. The number of carboxylic acid groups (broad SMARTS) is 1. The highest BCUT2D eigenvalue weighted by atomic mass is 16.4. The van der Waals surface area contributed by atoms with Gasteiger partial charge < -0.3 is 43.2 Å². The summed E-state index contributed by atoms with van der Waals surface area (Å²) in [6.45, 7) is 0.397. The molecule has 2 aromatic carbocycles. The van der Waals surface area contributed by atoms with Crippen LogP contribution in [0.4, 0.5) is 0 Å². The fourth-order valence-electron chi connectivity index (χ4n) is 5.93. The molecule has 1 heterocycles. The van der Waals surface area contributed by atoms with E-state index in [4.69, 9.17) is 17.2 Å². The Morgan fingerprint density at radius 3 is 1.94 bits per heavy atom. The van der Waals surface area contributed by atoms with E-state index < -0.39 is 59.3 Å². The molecule has 0 spiro atoms. The first-order chi connectivity index (χ1) is 23.0. The van der Waals surface area contributed by atoms with Gasteiger partial charge in [0, 0.05) is 19.5 Å². The number of carboxylic acids is 1. The van der Waals surface area contributed by atoms with Gasteiger partial charge in [0.15, 0.2) is 0 Å². The van der Waals surface area contributed by atoms with Crippen LogP contribution in [0.5, 0.6) is 0 Å². The van der Waals surface area contributed by atoms with E-state index in [0.717, 1.165) is 24.0 Å². The van der Waals surface area contributed by atoms with Crippen LogP contribution in [0.1, 0.15) is 56.1 Å². The van der Waals surface area contributed by atoms with Gasteiger partial charge in [0.1, 0.15) is 23.7 Å². The van der Waals surface area contributed by atoms with Gasteiger partial charge in [0.2, 0.25) is 23.6 Å². The van der Waals surface area contributed by atoms with E-state index in [1.54, 1.807) is 0 Å². The van der Waals surface area contributed by atoms with Gasteiger partial charge in [-0.25, -0.2) is 0 Å². The Labute approximate surface area is 281 Å². The molecule has 1 saturated carbocycles. The van der Waals surface area contributed by atoms with Crippen molar-refractivity contribution >= 4 is 29.6 Å². The van der Waals surface area contributed by atoms with Crippen molar-refractivity contribution in [1.29, 1.82) is 0 Å². The van der Waals surface area contributed by atoms with Gasteiger partial charge >= 0.3 is 5.97 Å². The molecule has 1 aliphatic carbocycles. The largest absolute Gasteiger partial charge is 0.480 e. The molecule has 0 bridgehead atoms. The lowest BCUT2D eigenvalue weighted by atomic mass is 10.0. The van der Waals surface area contributed by atoms with E-state index in [2.05, 4.69) is 16.0 Å². The average molecular weight is 664 g/mol. The summed E-state index contributed by atoms with van der Waals surface area (Å²) in [4.78, 5) is 67.5. The summed E-state index contributed by atoms with van der Waals surface area (Å²) in [7, 11) is 0. The summed E-state index contributed by atoms with van der Waals surface area (Å²) in [5.74, 6) is -2.94. The molecule has 10 N–H and O–H groups in total. The smallest absolute Gasteiger partial charge is 0.325 e. The molecule has 1 aliphatic heterocycles. The van der Waals surface area contributed by atoms with Gasteiger partial charge in [-0.3, -0.25) is 24.0 Å². The van der Waals surface area contributed by atoms with Crippen LogP contribution < -0.4 is 33.2 Å². The molecule has 2 aliphatic rings. The van der Waals surface area contributed by atoms with Crippen molar-refractivity contribution in [2.75, 3.05) is 19.6 Å². The molecule has 13 heteroatoms. The Bertz CT molecular complexity index is 1410. The van der Waals surface area contributed by atoms with E-state index in [0.29, 0.717) is 32.2 Å². The molecule has 1 unspecified atom stereocenters. The van der Waals surface area contributed by atoms with Crippen molar-refractivity contribution < 1.29 is 29.1 Å². The Kier molecular flexibility index (Phi) is 13.1. The topological polar surface area (TPSA) is 223 Å². The first-order valence-electron chi connectivity index (χ1n) is 16.7. The highest BCUT2D eigenvalue weighted by molar-refractivity contribution is 5.95. The minimum Gasteiger partial charge on any atom is -0.480 e. The van der Waals surface area contributed by atoms with Gasteiger partial charge in [-0.2, -0.15) is 0 Å². The molecule has 2 fully saturated rings. The molecule has 0 aromatic heterocycles. The summed E-state index contributed by atoms with van der Waals surface area (Å²) in [5.41, 5.74) is 18.1. The van der Waals surface area contributed by atoms with Gasteiger partial charge in [-0.1, -0.05) is 73.5 Å². The Morgan fingerprint density at radius 1 is 0.812 bits per heavy atom. The summed E-state index contributed by atoms with van der Waals surface area (Å²) in [6, 6.07) is 14.7. The summed E-state index contributed by atoms with van der Waals surface area (Å²) in [6.07, 6.45) is 4.24. The third kappa shape index (κ3) is 10.6. The van der Waals surface area contributed by atoms with E-state index in [1.807, 2.05) is 60.7 Å². The van der Waals surface area contributed by atoms with Gasteiger partial charge in [-0.15, -0.1) is 0 Å². The lowest BCUT2D eigenvalue weighted by Crippen LogP contribution is -2.59. The zero-order chi connectivity index (χ0) is 34.7.